The average Bonchev–Trinajstić information content (AvgIpc) is 2.95. The van der Waals surface area contributed by atoms with Crippen molar-refractivity contribution in [3.63, 3.8) is 0 Å². The Morgan fingerprint density at radius 2 is 2.32 bits per heavy atom. The van der Waals surface area contributed by atoms with Gasteiger partial charge in [0.1, 0.15) is 5.65 Å². The Morgan fingerprint density at radius 1 is 1.47 bits per heavy atom. The van der Waals surface area contributed by atoms with Crippen LogP contribution in [0.1, 0.15) is 26.0 Å². The number of likely N-dealkylation sites (tertiary alicyclic amines) is 1. The van der Waals surface area contributed by atoms with Crippen molar-refractivity contribution in [2.45, 2.75) is 32.7 Å². The summed E-state index contributed by atoms with van der Waals surface area (Å²) in [5.74, 6) is 0.739. The maximum atomic E-state index is 5.99. The number of nitrogens with zero attached hydrogens (tertiary/aromatic N) is 3. The first-order chi connectivity index (χ1) is 9.11. The van der Waals surface area contributed by atoms with E-state index in [9.17, 15) is 0 Å². The average molecular weight is 278 g/mol. The Morgan fingerprint density at radius 3 is 3.05 bits per heavy atom. The zero-order chi connectivity index (χ0) is 13.4. The van der Waals surface area contributed by atoms with Gasteiger partial charge in [-0.1, -0.05) is 11.6 Å². The van der Waals surface area contributed by atoms with E-state index in [4.69, 9.17) is 11.6 Å². The number of rotatable bonds is 3. The van der Waals surface area contributed by atoms with Crippen LogP contribution in [0.5, 0.6) is 0 Å². The molecule has 1 aliphatic rings. The lowest BCUT2D eigenvalue weighted by molar-refractivity contribution is 0.265. The lowest BCUT2D eigenvalue weighted by atomic mass is 10.0. The van der Waals surface area contributed by atoms with Crippen molar-refractivity contribution in [2.75, 3.05) is 13.1 Å². The number of imidazole rings is 1. The molecule has 3 nitrogen and oxygen atoms in total. The summed E-state index contributed by atoms with van der Waals surface area (Å²) in [4.78, 5) is 7.22. The van der Waals surface area contributed by atoms with Crippen molar-refractivity contribution >= 4 is 17.2 Å². The van der Waals surface area contributed by atoms with Gasteiger partial charge in [-0.2, -0.15) is 0 Å². The molecule has 2 aromatic heterocycles. The molecule has 1 fully saturated rings. The summed E-state index contributed by atoms with van der Waals surface area (Å²) in [7, 11) is 0. The van der Waals surface area contributed by atoms with Crippen LogP contribution in [-0.2, 0) is 6.42 Å². The zero-order valence-electron chi connectivity index (χ0n) is 11.5. The second-order valence-electron chi connectivity index (χ2n) is 5.79. The van der Waals surface area contributed by atoms with E-state index in [0.717, 1.165) is 23.0 Å². The van der Waals surface area contributed by atoms with Crippen molar-refractivity contribution in [1.82, 2.24) is 14.3 Å². The molecule has 0 spiro atoms. The largest absolute Gasteiger partial charge is 0.307 e. The quantitative estimate of drug-likeness (QED) is 0.858. The van der Waals surface area contributed by atoms with Crippen LogP contribution in [0.15, 0.2) is 24.5 Å². The highest BCUT2D eigenvalue weighted by molar-refractivity contribution is 6.30. The van der Waals surface area contributed by atoms with E-state index in [1.54, 1.807) is 0 Å². The molecule has 1 atom stereocenters. The van der Waals surface area contributed by atoms with E-state index in [-0.39, 0.29) is 0 Å². The Labute approximate surface area is 119 Å². The second-order valence-corrected chi connectivity index (χ2v) is 6.23. The molecular formula is C15H20ClN3. The maximum absolute atomic E-state index is 5.99. The molecule has 19 heavy (non-hydrogen) atoms. The molecule has 1 saturated heterocycles. The minimum absolute atomic E-state index is 0.657. The summed E-state index contributed by atoms with van der Waals surface area (Å²) in [5, 5.41) is 0.747. The van der Waals surface area contributed by atoms with E-state index in [1.807, 2.05) is 18.3 Å². The van der Waals surface area contributed by atoms with Gasteiger partial charge < -0.3 is 9.30 Å². The molecule has 2 aromatic rings. The fourth-order valence-electron chi connectivity index (χ4n) is 2.90. The van der Waals surface area contributed by atoms with Gasteiger partial charge in [0.05, 0.1) is 5.69 Å². The topological polar surface area (TPSA) is 20.5 Å². The molecular weight excluding hydrogens is 258 g/mol. The molecule has 0 bridgehead atoms. The Balaban J connectivity index is 1.72. The van der Waals surface area contributed by atoms with Crippen molar-refractivity contribution < 1.29 is 0 Å². The van der Waals surface area contributed by atoms with E-state index >= 15 is 0 Å². The Kier molecular flexibility index (Phi) is 3.50. The summed E-state index contributed by atoms with van der Waals surface area (Å²) in [5.41, 5.74) is 2.12. The summed E-state index contributed by atoms with van der Waals surface area (Å²) >= 11 is 5.99. The van der Waals surface area contributed by atoms with Gasteiger partial charge in [0.2, 0.25) is 0 Å². The van der Waals surface area contributed by atoms with Crippen molar-refractivity contribution in [2.24, 2.45) is 5.92 Å². The summed E-state index contributed by atoms with van der Waals surface area (Å²) in [6, 6.07) is 4.47. The van der Waals surface area contributed by atoms with Crippen LogP contribution < -0.4 is 0 Å². The fraction of sp³-hybridized carbons (Fsp3) is 0.533. The molecule has 0 amide bonds. The standard InChI is InChI=1S/C15H20ClN3/c1-11(2)18-5-3-12(9-18)7-14-10-19-6-4-13(16)8-15(19)17-14/h4,6,8,10-12H,3,5,7,9H2,1-2H3. The van der Waals surface area contributed by atoms with Crippen LogP contribution >= 0.6 is 11.6 Å². The third-order valence-corrected chi connectivity index (χ3v) is 4.25. The molecule has 0 N–H and O–H groups in total. The number of hydrogen-bond acceptors (Lipinski definition) is 2. The first-order valence-corrected chi connectivity index (χ1v) is 7.37. The molecule has 102 valence electrons. The van der Waals surface area contributed by atoms with Crippen LogP contribution in [0.3, 0.4) is 0 Å². The molecule has 1 unspecified atom stereocenters. The third kappa shape index (κ3) is 2.77. The highest BCUT2D eigenvalue weighted by Crippen LogP contribution is 2.22. The number of fused-ring (bicyclic) bond motifs is 1. The lowest BCUT2D eigenvalue weighted by Gasteiger charge is -2.19. The Bertz CT molecular complexity index is 576. The summed E-state index contributed by atoms with van der Waals surface area (Å²) in [6.07, 6.45) is 6.46. The molecule has 3 rings (SSSR count). The smallest absolute Gasteiger partial charge is 0.138 e. The minimum atomic E-state index is 0.657. The van der Waals surface area contributed by atoms with Gasteiger partial charge in [0, 0.05) is 30.0 Å². The first-order valence-electron chi connectivity index (χ1n) is 6.99. The van der Waals surface area contributed by atoms with Crippen LogP contribution in [0.4, 0.5) is 0 Å². The van der Waals surface area contributed by atoms with Gasteiger partial charge in [-0.05, 0) is 51.3 Å². The fourth-order valence-corrected chi connectivity index (χ4v) is 3.06. The van der Waals surface area contributed by atoms with Crippen LogP contribution in [-0.4, -0.2) is 33.4 Å². The first kappa shape index (κ1) is 12.9. The van der Waals surface area contributed by atoms with Crippen molar-refractivity contribution in [3.05, 3.63) is 35.2 Å². The molecule has 0 aliphatic carbocycles. The van der Waals surface area contributed by atoms with E-state index in [0.29, 0.717) is 6.04 Å². The lowest BCUT2D eigenvalue weighted by Crippen LogP contribution is -2.28. The van der Waals surface area contributed by atoms with Gasteiger partial charge in [0.25, 0.3) is 0 Å². The number of pyridine rings is 1. The molecule has 1 aliphatic heterocycles. The predicted molar refractivity (Wildman–Crippen MR) is 78.7 cm³/mol. The van der Waals surface area contributed by atoms with Gasteiger partial charge in [-0.15, -0.1) is 0 Å². The van der Waals surface area contributed by atoms with Gasteiger partial charge in [0.15, 0.2) is 0 Å². The van der Waals surface area contributed by atoms with Crippen LogP contribution in [0.25, 0.3) is 5.65 Å². The van der Waals surface area contributed by atoms with Crippen LogP contribution in [0.2, 0.25) is 5.02 Å². The van der Waals surface area contributed by atoms with Gasteiger partial charge in [-0.3, -0.25) is 0 Å². The molecule has 3 heterocycles. The number of aromatic nitrogens is 2. The highest BCUT2D eigenvalue weighted by atomic mass is 35.5. The van der Waals surface area contributed by atoms with Crippen LogP contribution in [0, 0.1) is 5.92 Å². The Hall–Kier alpha value is -1.06. The van der Waals surface area contributed by atoms with E-state index < -0.39 is 0 Å². The molecule has 0 radical (unpaired) electrons. The SMILES string of the molecule is CC(C)N1CCC(Cc2cn3ccc(Cl)cc3n2)C1. The maximum Gasteiger partial charge on any atom is 0.138 e. The molecule has 4 heteroatoms. The molecule has 0 aromatic carbocycles. The third-order valence-electron chi connectivity index (χ3n) is 4.02. The van der Waals surface area contributed by atoms with Gasteiger partial charge in [-0.25, -0.2) is 4.98 Å². The summed E-state index contributed by atoms with van der Waals surface area (Å²) < 4.78 is 2.05. The van der Waals surface area contributed by atoms with E-state index in [2.05, 4.69) is 34.3 Å². The normalized spacial score (nSPS) is 20.7. The van der Waals surface area contributed by atoms with Crippen molar-refractivity contribution in [3.8, 4) is 0 Å². The predicted octanol–water partition coefficient (Wildman–Crippen LogP) is 3.26. The number of halogens is 1. The zero-order valence-corrected chi connectivity index (χ0v) is 12.3. The molecule has 0 saturated carbocycles. The van der Waals surface area contributed by atoms with Gasteiger partial charge >= 0.3 is 0 Å². The minimum Gasteiger partial charge on any atom is -0.307 e. The second kappa shape index (κ2) is 5.14. The monoisotopic (exact) mass is 277 g/mol. The van der Waals surface area contributed by atoms with Crippen molar-refractivity contribution in [1.29, 1.82) is 0 Å². The van der Waals surface area contributed by atoms with E-state index in [1.165, 1.54) is 25.2 Å². The summed E-state index contributed by atoms with van der Waals surface area (Å²) in [6.45, 7) is 6.97. The number of hydrogen-bond donors (Lipinski definition) is 0. The highest BCUT2D eigenvalue weighted by Gasteiger charge is 2.24.